The molecule has 0 unspecified atom stereocenters. The molecule has 0 aliphatic heterocycles. The Bertz CT molecular complexity index is 1780. The molecule has 10 heteroatoms. The number of aromatic nitrogens is 1. The van der Waals surface area contributed by atoms with E-state index in [1.54, 1.807) is 36.4 Å². The van der Waals surface area contributed by atoms with Crippen LogP contribution in [0.5, 0.6) is 0 Å². The highest BCUT2D eigenvalue weighted by molar-refractivity contribution is 6.20. The van der Waals surface area contributed by atoms with Crippen LogP contribution in [0.15, 0.2) is 72.8 Å². The molecular weight excluding hydrogens is 513 g/mol. The second-order valence-electron chi connectivity index (χ2n) is 9.18. The number of H-pyrrole nitrogens is 1. The van der Waals surface area contributed by atoms with Gasteiger partial charge in [-0.25, -0.2) is 4.39 Å². The zero-order chi connectivity index (χ0) is 28.4. The lowest BCUT2D eigenvalue weighted by molar-refractivity contribution is -0.116. The molecule has 5 aromatic rings. The number of nitrogens with one attached hydrogen (secondary N) is 3. The number of halogens is 1. The number of hydrogen-bond donors (Lipinski definition) is 6. The van der Waals surface area contributed by atoms with E-state index in [0.29, 0.717) is 33.5 Å². The molecule has 202 valence electrons. The second kappa shape index (κ2) is 11.0. The minimum absolute atomic E-state index is 0.0311. The lowest BCUT2D eigenvalue weighted by atomic mass is 9.92. The average Bonchev–Trinajstić information content (AvgIpc) is 3.31. The number of fused-ring (bicyclic) bond motifs is 3. The summed E-state index contributed by atoms with van der Waals surface area (Å²) in [6.45, 7) is -0.170. The summed E-state index contributed by atoms with van der Waals surface area (Å²) in [6.07, 6.45) is -0.0311. The van der Waals surface area contributed by atoms with E-state index in [1.165, 1.54) is 24.3 Å². The third kappa shape index (κ3) is 5.00. The summed E-state index contributed by atoms with van der Waals surface area (Å²) in [5.74, 6) is -1.80. The van der Waals surface area contributed by atoms with Crippen molar-refractivity contribution in [2.75, 3.05) is 17.2 Å². The number of carbonyl (C=O) groups is 3. The van der Waals surface area contributed by atoms with E-state index >= 15 is 0 Å². The van der Waals surface area contributed by atoms with Crippen LogP contribution in [0, 0.1) is 5.82 Å². The van der Waals surface area contributed by atoms with Gasteiger partial charge in [0.1, 0.15) is 5.82 Å². The number of anilines is 2. The fourth-order valence-electron chi connectivity index (χ4n) is 4.82. The normalized spacial score (nSPS) is 11.1. The van der Waals surface area contributed by atoms with Crippen LogP contribution < -0.4 is 22.1 Å². The number of primary amides is 1. The number of aromatic amines is 1. The van der Waals surface area contributed by atoms with E-state index in [9.17, 15) is 18.8 Å². The second-order valence-corrected chi connectivity index (χ2v) is 9.18. The molecule has 0 fully saturated rings. The summed E-state index contributed by atoms with van der Waals surface area (Å²) in [5, 5.41) is 16.1. The van der Waals surface area contributed by atoms with Gasteiger partial charge in [0.25, 0.3) is 11.8 Å². The summed E-state index contributed by atoms with van der Waals surface area (Å²) in [4.78, 5) is 40.4. The summed E-state index contributed by atoms with van der Waals surface area (Å²) < 4.78 is 13.3. The maximum atomic E-state index is 13.3. The molecule has 0 atom stereocenters. The summed E-state index contributed by atoms with van der Waals surface area (Å²) in [6, 6.07) is 19.3. The highest BCUT2D eigenvalue weighted by Crippen LogP contribution is 2.40. The van der Waals surface area contributed by atoms with Crippen LogP contribution in [0.2, 0.25) is 0 Å². The Hall–Kier alpha value is -5.06. The van der Waals surface area contributed by atoms with Crippen molar-refractivity contribution in [2.45, 2.75) is 13.0 Å². The fourth-order valence-corrected chi connectivity index (χ4v) is 4.82. The molecule has 0 saturated carbocycles. The van der Waals surface area contributed by atoms with Gasteiger partial charge in [0.2, 0.25) is 5.91 Å². The first-order valence-corrected chi connectivity index (χ1v) is 12.5. The number of nitrogens with two attached hydrogens (primary N) is 2. The van der Waals surface area contributed by atoms with Crippen molar-refractivity contribution >= 4 is 50.9 Å². The molecule has 9 nitrogen and oxygen atoms in total. The largest absolute Gasteiger partial charge is 0.396 e. The zero-order valence-electron chi connectivity index (χ0n) is 21.3. The van der Waals surface area contributed by atoms with Crippen molar-refractivity contribution in [2.24, 2.45) is 11.5 Å². The van der Waals surface area contributed by atoms with E-state index in [2.05, 4.69) is 15.6 Å². The Morgan fingerprint density at radius 1 is 0.925 bits per heavy atom. The number of carbonyl (C=O) groups excluding carboxylic acids is 3. The smallest absolute Gasteiger partial charge is 0.255 e. The predicted octanol–water partition coefficient (Wildman–Crippen LogP) is 4.26. The molecule has 0 aliphatic rings. The topological polar surface area (TPSA) is 163 Å². The van der Waals surface area contributed by atoms with Crippen molar-refractivity contribution in [1.82, 2.24) is 4.98 Å². The molecule has 0 radical (unpaired) electrons. The molecule has 0 saturated heterocycles. The lowest BCUT2D eigenvalue weighted by Crippen LogP contribution is -2.15. The van der Waals surface area contributed by atoms with Gasteiger partial charge in [0, 0.05) is 39.8 Å². The van der Waals surface area contributed by atoms with Crippen molar-refractivity contribution in [1.29, 1.82) is 0 Å². The van der Waals surface area contributed by atoms with Crippen LogP contribution in [0.1, 0.15) is 32.7 Å². The minimum atomic E-state index is -0.612. The first-order chi connectivity index (χ1) is 19.3. The fraction of sp³-hybridized carbons (Fsp3) is 0.100. The maximum Gasteiger partial charge on any atom is 0.255 e. The number of amides is 3. The molecule has 4 aromatic carbocycles. The highest BCUT2D eigenvalue weighted by atomic mass is 19.1. The van der Waals surface area contributed by atoms with Gasteiger partial charge in [0.15, 0.2) is 0 Å². The first-order valence-electron chi connectivity index (χ1n) is 12.5. The van der Waals surface area contributed by atoms with Crippen LogP contribution in [-0.2, 0) is 11.3 Å². The molecule has 0 aliphatic carbocycles. The zero-order valence-corrected chi connectivity index (χ0v) is 21.3. The van der Waals surface area contributed by atoms with Crippen molar-refractivity contribution in [3.05, 3.63) is 95.3 Å². The Balaban J connectivity index is 1.64. The molecule has 1 aromatic heterocycles. The van der Waals surface area contributed by atoms with Crippen molar-refractivity contribution in [3.63, 3.8) is 0 Å². The van der Waals surface area contributed by atoms with Gasteiger partial charge >= 0.3 is 0 Å². The van der Waals surface area contributed by atoms with Crippen LogP contribution in [0.3, 0.4) is 0 Å². The van der Waals surface area contributed by atoms with Gasteiger partial charge in [-0.3, -0.25) is 14.4 Å². The van der Waals surface area contributed by atoms with Gasteiger partial charge in [-0.15, -0.1) is 0 Å². The van der Waals surface area contributed by atoms with Crippen LogP contribution in [0.25, 0.3) is 32.9 Å². The van der Waals surface area contributed by atoms with Gasteiger partial charge in [-0.2, -0.15) is 0 Å². The molecule has 0 bridgehead atoms. The Morgan fingerprint density at radius 3 is 2.40 bits per heavy atom. The maximum absolute atomic E-state index is 13.3. The van der Waals surface area contributed by atoms with Crippen molar-refractivity contribution < 1.29 is 23.9 Å². The monoisotopic (exact) mass is 539 g/mol. The Morgan fingerprint density at radius 2 is 1.70 bits per heavy atom. The van der Waals surface area contributed by atoms with Crippen LogP contribution >= 0.6 is 0 Å². The third-order valence-corrected chi connectivity index (χ3v) is 6.67. The van der Waals surface area contributed by atoms with Crippen molar-refractivity contribution in [3.8, 4) is 11.1 Å². The van der Waals surface area contributed by atoms with E-state index in [0.717, 1.165) is 21.9 Å². The Kier molecular flexibility index (Phi) is 7.28. The van der Waals surface area contributed by atoms with Gasteiger partial charge in [-0.1, -0.05) is 24.3 Å². The Labute approximate surface area is 228 Å². The summed E-state index contributed by atoms with van der Waals surface area (Å²) in [5.41, 5.74) is 16.8. The standard InChI is InChI=1S/C30H26FN5O4/c31-17-6-4-16(5-7-17)30(40)36-24-3-1-2-19(23(24)15-32)20-10-11-22(29(33)39)28-27(20)21-9-8-18(14-25(21)35-28)34-26(38)12-13-37/h1-11,14,35,37H,12-13,15,32H2,(H2,33,39)(H,34,38)(H,36,40). The van der Waals surface area contributed by atoms with Gasteiger partial charge in [0.05, 0.1) is 24.1 Å². The highest BCUT2D eigenvalue weighted by Gasteiger charge is 2.20. The van der Waals surface area contributed by atoms with E-state index < -0.39 is 17.6 Å². The van der Waals surface area contributed by atoms with Gasteiger partial charge < -0.3 is 32.2 Å². The van der Waals surface area contributed by atoms with E-state index in [4.69, 9.17) is 16.6 Å². The summed E-state index contributed by atoms with van der Waals surface area (Å²) in [7, 11) is 0. The van der Waals surface area contributed by atoms with Crippen LogP contribution in [0.4, 0.5) is 15.8 Å². The predicted molar refractivity (Wildman–Crippen MR) is 152 cm³/mol. The molecule has 40 heavy (non-hydrogen) atoms. The molecule has 5 rings (SSSR count). The lowest BCUT2D eigenvalue weighted by Gasteiger charge is -2.16. The van der Waals surface area contributed by atoms with E-state index in [1.807, 2.05) is 12.1 Å². The summed E-state index contributed by atoms with van der Waals surface area (Å²) >= 11 is 0. The molecule has 0 spiro atoms. The van der Waals surface area contributed by atoms with Gasteiger partial charge in [-0.05, 0) is 65.2 Å². The SMILES string of the molecule is NCc1c(NC(=O)c2ccc(F)cc2)cccc1-c1ccc(C(N)=O)c2[nH]c3cc(NC(=O)CCO)ccc3c12. The third-order valence-electron chi connectivity index (χ3n) is 6.67. The molecule has 8 N–H and O–H groups in total. The molecule has 1 heterocycles. The number of hydrogen-bond acceptors (Lipinski definition) is 5. The number of aliphatic hydroxyl groups is 1. The quantitative estimate of drug-likeness (QED) is 0.173. The number of aliphatic hydroxyl groups excluding tert-OH is 1. The number of rotatable bonds is 8. The molecule has 3 amide bonds. The van der Waals surface area contributed by atoms with E-state index in [-0.39, 0.29) is 31.0 Å². The van der Waals surface area contributed by atoms with Crippen LogP contribution in [-0.4, -0.2) is 34.4 Å². The average molecular weight is 540 g/mol. The molecular formula is C30H26FN5O4. The number of benzene rings is 4. The minimum Gasteiger partial charge on any atom is -0.396 e. The first kappa shape index (κ1) is 26.5.